The first-order valence-electron chi connectivity index (χ1n) is 7.99. The van der Waals surface area contributed by atoms with Crippen LogP contribution in [0.5, 0.6) is 0 Å². The standard InChI is InChI=1S/C19H16N2O2S2/c1-11-7-8-13(9-12(11)2)21-17(22)10-16(18(21)23)25-19-20-14-5-3-4-6-15(14)24-19/h3-9,16H,10H2,1-2H3. The van der Waals surface area contributed by atoms with E-state index in [4.69, 9.17) is 0 Å². The third kappa shape index (κ3) is 2.96. The molecule has 2 heterocycles. The van der Waals surface area contributed by atoms with Crippen LogP contribution < -0.4 is 4.90 Å². The SMILES string of the molecule is Cc1ccc(N2C(=O)CC(Sc3nc4ccccc4s3)C2=O)cc1C. The minimum absolute atomic E-state index is 0.146. The first kappa shape index (κ1) is 16.3. The molecule has 1 atom stereocenters. The molecule has 6 heteroatoms. The molecule has 1 aromatic heterocycles. The molecule has 2 aromatic carbocycles. The Hall–Kier alpha value is -2.18. The van der Waals surface area contributed by atoms with Gasteiger partial charge in [0.05, 0.1) is 15.9 Å². The molecule has 0 spiro atoms. The quantitative estimate of drug-likeness (QED) is 0.646. The number of nitrogens with zero attached hydrogens (tertiary/aromatic N) is 2. The maximum atomic E-state index is 12.8. The van der Waals surface area contributed by atoms with Crippen LogP contribution >= 0.6 is 23.1 Å². The molecule has 0 bridgehead atoms. The minimum atomic E-state index is -0.408. The lowest BCUT2D eigenvalue weighted by Gasteiger charge is -2.16. The molecule has 2 amide bonds. The number of thioether (sulfide) groups is 1. The molecule has 1 unspecified atom stereocenters. The number of hydrogen-bond donors (Lipinski definition) is 0. The van der Waals surface area contributed by atoms with Crippen molar-refractivity contribution in [2.24, 2.45) is 0 Å². The fraction of sp³-hybridized carbons (Fsp3) is 0.211. The lowest BCUT2D eigenvalue weighted by molar-refractivity contribution is -0.121. The molecular weight excluding hydrogens is 352 g/mol. The Bertz CT molecular complexity index is 963. The Morgan fingerprint density at radius 3 is 2.68 bits per heavy atom. The maximum Gasteiger partial charge on any atom is 0.247 e. The van der Waals surface area contributed by atoms with Crippen molar-refractivity contribution < 1.29 is 9.59 Å². The van der Waals surface area contributed by atoms with Crippen LogP contribution in [0.2, 0.25) is 0 Å². The van der Waals surface area contributed by atoms with Crippen LogP contribution in [0.3, 0.4) is 0 Å². The topological polar surface area (TPSA) is 50.3 Å². The molecule has 126 valence electrons. The van der Waals surface area contributed by atoms with Crippen molar-refractivity contribution in [2.75, 3.05) is 4.90 Å². The number of carbonyl (C=O) groups excluding carboxylic acids is 2. The minimum Gasteiger partial charge on any atom is -0.274 e. The summed E-state index contributed by atoms with van der Waals surface area (Å²) < 4.78 is 1.92. The number of fused-ring (bicyclic) bond motifs is 1. The summed E-state index contributed by atoms with van der Waals surface area (Å²) in [6, 6.07) is 13.6. The number of hydrogen-bond acceptors (Lipinski definition) is 5. The highest BCUT2D eigenvalue weighted by Gasteiger charge is 2.40. The average Bonchev–Trinajstić information content (AvgIpc) is 3.11. The molecule has 0 radical (unpaired) electrons. The molecule has 4 nitrogen and oxygen atoms in total. The molecule has 1 aliphatic rings. The number of thiazole rings is 1. The Balaban J connectivity index is 1.59. The van der Waals surface area contributed by atoms with Gasteiger partial charge in [0.1, 0.15) is 5.25 Å². The van der Waals surface area contributed by atoms with Gasteiger partial charge in [-0.05, 0) is 49.2 Å². The number of aromatic nitrogens is 1. The number of imide groups is 1. The van der Waals surface area contributed by atoms with Gasteiger partial charge in [0.25, 0.3) is 0 Å². The smallest absolute Gasteiger partial charge is 0.247 e. The van der Waals surface area contributed by atoms with Crippen LogP contribution in [0.15, 0.2) is 46.8 Å². The monoisotopic (exact) mass is 368 g/mol. The second kappa shape index (κ2) is 6.28. The van der Waals surface area contributed by atoms with Gasteiger partial charge in [-0.3, -0.25) is 9.59 Å². The van der Waals surface area contributed by atoms with E-state index >= 15 is 0 Å². The summed E-state index contributed by atoms with van der Waals surface area (Å²) in [5.74, 6) is -0.302. The van der Waals surface area contributed by atoms with Crippen molar-refractivity contribution in [3.63, 3.8) is 0 Å². The van der Waals surface area contributed by atoms with Crippen LogP contribution in [0, 0.1) is 13.8 Å². The third-order valence-electron chi connectivity index (χ3n) is 4.37. The fourth-order valence-corrected chi connectivity index (χ4v) is 5.19. The number of amides is 2. The zero-order valence-electron chi connectivity index (χ0n) is 13.9. The normalized spacial score (nSPS) is 17.7. The van der Waals surface area contributed by atoms with Crippen LogP contribution in [0.4, 0.5) is 5.69 Å². The van der Waals surface area contributed by atoms with E-state index in [0.717, 1.165) is 25.7 Å². The molecular formula is C19H16N2O2S2. The Labute approximate surface area is 153 Å². The van der Waals surface area contributed by atoms with Crippen LogP contribution in [0.1, 0.15) is 17.5 Å². The van der Waals surface area contributed by atoms with Gasteiger partial charge in [0.2, 0.25) is 11.8 Å². The second-order valence-corrected chi connectivity index (χ2v) is 8.57. The zero-order chi connectivity index (χ0) is 17.6. The molecule has 4 rings (SSSR count). The predicted molar refractivity (Wildman–Crippen MR) is 102 cm³/mol. The highest BCUT2D eigenvalue weighted by molar-refractivity contribution is 8.02. The van der Waals surface area contributed by atoms with Gasteiger partial charge in [-0.1, -0.05) is 30.0 Å². The fourth-order valence-electron chi connectivity index (χ4n) is 2.86. The van der Waals surface area contributed by atoms with E-state index in [2.05, 4.69) is 4.98 Å². The van der Waals surface area contributed by atoms with Gasteiger partial charge in [-0.2, -0.15) is 0 Å². The Morgan fingerprint density at radius 1 is 1.12 bits per heavy atom. The number of para-hydroxylation sites is 1. The Kier molecular flexibility index (Phi) is 4.09. The highest BCUT2D eigenvalue weighted by Crippen LogP contribution is 2.37. The average molecular weight is 368 g/mol. The van der Waals surface area contributed by atoms with Gasteiger partial charge in [0.15, 0.2) is 4.34 Å². The molecule has 1 fully saturated rings. The number of rotatable bonds is 3. The summed E-state index contributed by atoms with van der Waals surface area (Å²) in [5.41, 5.74) is 3.80. The van der Waals surface area contributed by atoms with Crippen molar-refractivity contribution in [2.45, 2.75) is 29.9 Å². The van der Waals surface area contributed by atoms with E-state index in [9.17, 15) is 9.59 Å². The summed E-state index contributed by atoms with van der Waals surface area (Å²) in [6.45, 7) is 4.00. The molecule has 25 heavy (non-hydrogen) atoms. The number of aryl methyl sites for hydroxylation is 2. The van der Waals surface area contributed by atoms with Crippen molar-refractivity contribution in [3.8, 4) is 0 Å². The summed E-state index contributed by atoms with van der Waals surface area (Å²) in [5, 5.41) is -0.408. The molecule has 3 aromatic rings. The molecule has 1 saturated heterocycles. The maximum absolute atomic E-state index is 12.8. The number of benzene rings is 2. The molecule has 1 aliphatic heterocycles. The van der Waals surface area contributed by atoms with E-state index in [-0.39, 0.29) is 18.2 Å². The van der Waals surface area contributed by atoms with E-state index in [1.54, 1.807) is 11.3 Å². The van der Waals surface area contributed by atoms with Crippen LogP contribution in [-0.4, -0.2) is 22.0 Å². The predicted octanol–water partition coefficient (Wildman–Crippen LogP) is 4.34. The lowest BCUT2D eigenvalue weighted by atomic mass is 10.1. The van der Waals surface area contributed by atoms with Gasteiger partial charge in [-0.15, -0.1) is 11.3 Å². The zero-order valence-corrected chi connectivity index (χ0v) is 15.5. The van der Waals surface area contributed by atoms with Gasteiger partial charge < -0.3 is 0 Å². The van der Waals surface area contributed by atoms with Crippen molar-refractivity contribution in [1.82, 2.24) is 4.98 Å². The van der Waals surface area contributed by atoms with E-state index in [1.807, 2.05) is 56.3 Å². The van der Waals surface area contributed by atoms with Crippen molar-refractivity contribution in [3.05, 3.63) is 53.6 Å². The second-order valence-electron chi connectivity index (χ2n) is 6.09. The van der Waals surface area contributed by atoms with Gasteiger partial charge in [0, 0.05) is 6.42 Å². The van der Waals surface area contributed by atoms with Crippen molar-refractivity contribution in [1.29, 1.82) is 0 Å². The summed E-state index contributed by atoms with van der Waals surface area (Å²) in [4.78, 5) is 31.1. The van der Waals surface area contributed by atoms with Crippen LogP contribution in [0.25, 0.3) is 10.2 Å². The third-order valence-corrected chi connectivity index (χ3v) is 6.69. The Morgan fingerprint density at radius 2 is 1.92 bits per heavy atom. The summed E-state index contributed by atoms with van der Waals surface area (Å²) in [6.07, 6.45) is 0.215. The van der Waals surface area contributed by atoms with Gasteiger partial charge in [-0.25, -0.2) is 9.88 Å². The largest absolute Gasteiger partial charge is 0.274 e. The molecule has 0 saturated carbocycles. The van der Waals surface area contributed by atoms with E-state index < -0.39 is 5.25 Å². The van der Waals surface area contributed by atoms with Crippen molar-refractivity contribution >= 4 is 50.8 Å². The number of anilines is 1. The first-order valence-corrected chi connectivity index (χ1v) is 9.69. The van der Waals surface area contributed by atoms with E-state index in [0.29, 0.717) is 5.69 Å². The summed E-state index contributed by atoms with van der Waals surface area (Å²) >= 11 is 2.95. The lowest BCUT2D eigenvalue weighted by Crippen LogP contribution is -2.31. The van der Waals surface area contributed by atoms with Gasteiger partial charge >= 0.3 is 0 Å². The van der Waals surface area contributed by atoms with E-state index in [1.165, 1.54) is 16.7 Å². The number of carbonyl (C=O) groups is 2. The van der Waals surface area contributed by atoms with Crippen LogP contribution in [-0.2, 0) is 9.59 Å². The summed E-state index contributed by atoms with van der Waals surface area (Å²) in [7, 11) is 0. The molecule has 0 N–H and O–H groups in total. The molecule has 0 aliphatic carbocycles. The highest BCUT2D eigenvalue weighted by atomic mass is 32.2. The first-order chi connectivity index (χ1) is 12.0.